The quantitative estimate of drug-likeness (QED) is 0.398. The van der Waals surface area contributed by atoms with E-state index < -0.39 is 41.6 Å². The molecule has 0 aromatic rings. The number of hydrogen-bond donors (Lipinski definition) is 0. The maximum atomic E-state index is 12.0. The summed E-state index contributed by atoms with van der Waals surface area (Å²) in [6.45, 7) is 6.66. The maximum Gasteiger partial charge on any atom is 0.330 e. The number of Topliss-reactive ketones (excluding diaryl/α,β-unsaturated/α-hetero) is 1. The molecule has 7 nitrogen and oxygen atoms in total. The number of rotatable bonds is 5. The van der Waals surface area contributed by atoms with Crippen molar-refractivity contribution >= 4 is 23.6 Å². The first kappa shape index (κ1) is 16.1. The van der Waals surface area contributed by atoms with Gasteiger partial charge in [-0.3, -0.25) is 14.4 Å². The van der Waals surface area contributed by atoms with Gasteiger partial charge in [0.1, 0.15) is 0 Å². The van der Waals surface area contributed by atoms with Gasteiger partial charge in [-0.1, -0.05) is 0 Å². The van der Waals surface area contributed by atoms with Crippen LogP contribution in [-0.4, -0.2) is 53.8 Å². The van der Waals surface area contributed by atoms with Crippen LogP contribution in [0, 0.1) is 5.92 Å². The van der Waals surface area contributed by atoms with E-state index in [1.807, 2.05) is 0 Å². The minimum absolute atomic E-state index is 0.0635. The van der Waals surface area contributed by atoms with Gasteiger partial charge in [-0.2, -0.15) is 0 Å². The molecule has 1 fully saturated rings. The number of carbonyl (C=O) groups excluding carboxylic acids is 4. The van der Waals surface area contributed by atoms with Gasteiger partial charge < -0.3 is 14.4 Å². The van der Waals surface area contributed by atoms with E-state index in [9.17, 15) is 19.2 Å². The highest BCUT2D eigenvalue weighted by Gasteiger charge is 2.56. The lowest BCUT2D eigenvalue weighted by molar-refractivity contribution is -0.160. The van der Waals surface area contributed by atoms with Crippen LogP contribution in [0.2, 0.25) is 0 Å². The van der Waals surface area contributed by atoms with E-state index in [1.165, 1.54) is 0 Å². The summed E-state index contributed by atoms with van der Waals surface area (Å²) in [5, 5.41) is 0. The smallest absolute Gasteiger partial charge is 0.330 e. The molecule has 20 heavy (non-hydrogen) atoms. The first-order valence-electron chi connectivity index (χ1n) is 6.56. The monoisotopic (exact) mass is 285 g/mol. The SMILES string of the molecule is CCOC(=O)[C@H]1C(=O)C(=O)N(C(C)C)[C@@H]1C(=O)OCC. The van der Waals surface area contributed by atoms with Crippen LogP contribution >= 0.6 is 0 Å². The topological polar surface area (TPSA) is 90.0 Å². The summed E-state index contributed by atoms with van der Waals surface area (Å²) in [6.07, 6.45) is 0. The van der Waals surface area contributed by atoms with Gasteiger partial charge in [0.25, 0.3) is 5.91 Å². The van der Waals surface area contributed by atoms with Crippen LogP contribution < -0.4 is 0 Å². The third-order valence-corrected chi connectivity index (χ3v) is 2.97. The Balaban J connectivity index is 3.17. The van der Waals surface area contributed by atoms with Crippen molar-refractivity contribution in [2.75, 3.05) is 13.2 Å². The van der Waals surface area contributed by atoms with E-state index in [2.05, 4.69) is 0 Å². The molecule has 0 radical (unpaired) electrons. The number of esters is 2. The van der Waals surface area contributed by atoms with E-state index in [4.69, 9.17) is 9.47 Å². The highest BCUT2D eigenvalue weighted by Crippen LogP contribution is 2.27. The van der Waals surface area contributed by atoms with Gasteiger partial charge in [0, 0.05) is 6.04 Å². The molecule has 1 aliphatic heterocycles. The van der Waals surface area contributed by atoms with Gasteiger partial charge >= 0.3 is 11.9 Å². The summed E-state index contributed by atoms with van der Waals surface area (Å²) in [4.78, 5) is 48.8. The van der Waals surface area contributed by atoms with E-state index >= 15 is 0 Å². The van der Waals surface area contributed by atoms with Gasteiger partial charge in [-0.25, -0.2) is 4.79 Å². The average Bonchev–Trinajstić information content (AvgIpc) is 2.63. The van der Waals surface area contributed by atoms with Crippen molar-refractivity contribution in [2.45, 2.75) is 39.8 Å². The first-order chi connectivity index (χ1) is 9.36. The summed E-state index contributed by atoms with van der Waals surface area (Å²) in [5.74, 6) is -4.85. The van der Waals surface area contributed by atoms with Crippen LogP contribution in [0.3, 0.4) is 0 Å². The predicted molar refractivity (Wildman–Crippen MR) is 67.5 cm³/mol. The van der Waals surface area contributed by atoms with Crippen LogP contribution in [0.25, 0.3) is 0 Å². The standard InChI is InChI=1S/C13H19NO6/c1-5-19-12(17)8-9(13(18)20-6-2)14(7(3)4)11(16)10(8)15/h7-9H,5-6H2,1-4H3/t8-,9+/m1/s1. The Bertz CT molecular complexity index is 431. The molecule has 1 heterocycles. The van der Waals surface area contributed by atoms with Gasteiger partial charge in [-0.05, 0) is 27.7 Å². The van der Waals surface area contributed by atoms with Crippen molar-refractivity contribution in [1.29, 1.82) is 0 Å². The second-order valence-corrected chi connectivity index (χ2v) is 4.60. The second-order valence-electron chi connectivity index (χ2n) is 4.60. The lowest BCUT2D eigenvalue weighted by Gasteiger charge is -2.27. The zero-order chi connectivity index (χ0) is 15.4. The average molecular weight is 285 g/mol. The molecule has 1 saturated heterocycles. The predicted octanol–water partition coefficient (Wildman–Crippen LogP) is -0.0829. The van der Waals surface area contributed by atoms with Crippen molar-refractivity contribution in [1.82, 2.24) is 4.90 Å². The van der Waals surface area contributed by atoms with Crippen molar-refractivity contribution in [3.8, 4) is 0 Å². The Labute approximate surface area is 117 Å². The Morgan fingerprint density at radius 2 is 1.60 bits per heavy atom. The molecule has 0 aromatic carbocycles. The third-order valence-electron chi connectivity index (χ3n) is 2.97. The zero-order valence-electron chi connectivity index (χ0n) is 12.0. The van der Waals surface area contributed by atoms with E-state index in [0.29, 0.717) is 0 Å². The fourth-order valence-electron chi connectivity index (χ4n) is 2.19. The van der Waals surface area contributed by atoms with Crippen LogP contribution in [0.4, 0.5) is 0 Å². The molecule has 0 aliphatic carbocycles. The fourth-order valence-corrected chi connectivity index (χ4v) is 2.19. The molecule has 2 atom stereocenters. The molecule has 7 heteroatoms. The number of ketones is 1. The number of hydrogen-bond acceptors (Lipinski definition) is 6. The summed E-state index contributed by atoms with van der Waals surface area (Å²) in [7, 11) is 0. The second kappa shape index (κ2) is 6.49. The number of carbonyl (C=O) groups is 4. The van der Waals surface area contributed by atoms with Crippen LogP contribution in [0.1, 0.15) is 27.7 Å². The summed E-state index contributed by atoms with van der Waals surface area (Å²) >= 11 is 0. The molecular weight excluding hydrogens is 266 g/mol. The molecule has 1 aliphatic rings. The largest absolute Gasteiger partial charge is 0.465 e. The molecule has 0 bridgehead atoms. The molecule has 0 aromatic heterocycles. The van der Waals surface area contributed by atoms with Crippen molar-refractivity contribution in [3.63, 3.8) is 0 Å². The molecule has 0 spiro atoms. The Hall–Kier alpha value is -1.92. The highest BCUT2D eigenvalue weighted by molar-refractivity contribution is 6.43. The van der Waals surface area contributed by atoms with Gasteiger partial charge in [0.2, 0.25) is 5.78 Å². The Morgan fingerprint density at radius 1 is 1.10 bits per heavy atom. The lowest BCUT2D eigenvalue weighted by atomic mass is 9.99. The molecular formula is C13H19NO6. The van der Waals surface area contributed by atoms with E-state index in [0.717, 1.165) is 4.90 Å². The Morgan fingerprint density at radius 3 is 2.05 bits per heavy atom. The van der Waals surface area contributed by atoms with Crippen molar-refractivity contribution in [3.05, 3.63) is 0 Å². The highest BCUT2D eigenvalue weighted by atomic mass is 16.5. The fraction of sp³-hybridized carbons (Fsp3) is 0.692. The Kier molecular flexibility index (Phi) is 5.24. The molecule has 1 amide bonds. The summed E-state index contributed by atoms with van der Waals surface area (Å²) < 4.78 is 9.65. The molecule has 0 N–H and O–H groups in total. The van der Waals surface area contributed by atoms with Crippen LogP contribution in [0.15, 0.2) is 0 Å². The van der Waals surface area contributed by atoms with E-state index in [1.54, 1.807) is 27.7 Å². The molecule has 0 unspecified atom stereocenters. The molecule has 0 saturated carbocycles. The normalized spacial score (nSPS) is 22.4. The number of likely N-dealkylation sites (tertiary alicyclic amines) is 1. The van der Waals surface area contributed by atoms with E-state index in [-0.39, 0.29) is 13.2 Å². The van der Waals surface area contributed by atoms with Crippen molar-refractivity contribution < 1.29 is 28.7 Å². The first-order valence-corrected chi connectivity index (χ1v) is 6.56. The minimum Gasteiger partial charge on any atom is -0.465 e. The van der Waals surface area contributed by atoms with Gasteiger partial charge in [0.15, 0.2) is 12.0 Å². The molecule has 112 valence electrons. The number of nitrogens with zero attached hydrogens (tertiary/aromatic N) is 1. The molecule has 1 rings (SSSR count). The lowest BCUT2D eigenvalue weighted by Crippen LogP contribution is -2.47. The van der Waals surface area contributed by atoms with Crippen LogP contribution in [0.5, 0.6) is 0 Å². The third kappa shape index (κ3) is 2.81. The van der Waals surface area contributed by atoms with Gasteiger partial charge in [0.05, 0.1) is 13.2 Å². The number of amides is 1. The minimum atomic E-state index is -1.44. The van der Waals surface area contributed by atoms with Crippen molar-refractivity contribution in [2.24, 2.45) is 5.92 Å². The zero-order valence-corrected chi connectivity index (χ0v) is 12.0. The van der Waals surface area contributed by atoms with Gasteiger partial charge in [-0.15, -0.1) is 0 Å². The maximum absolute atomic E-state index is 12.0. The van der Waals surface area contributed by atoms with Crippen LogP contribution in [-0.2, 0) is 28.7 Å². The summed E-state index contributed by atoms with van der Waals surface area (Å²) in [5.41, 5.74) is 0. The number of ether oxygens (including phenoxy) is 2. The summed E-state index contributed by atoms with van der Waals surface area (Å²) in [6, 6.07) is -1.64.